The Labute approximate surface area is 191 Å². The van der Waals surface area contributed by atoms with Gasteiger partial charge < -0.3 is 4.90 Å². The molecule has 1 aliphatic rings. The van der Waals surface area contributed by atoms with Gasteiger partial charge in [-0.2, -0.15) is 9.61 Å². The van der Waals surface area contributed by atoms with Crippen molar-refractivity contribution in [3.05, 3.63) is 87.8 Å². The number of nitrogens with zero attached hydrogens (tertiary/aromatic N) is 5. The molecule has 168 valence electrons. The van der Waals surface area contributed by atoms with Crippen LogP contribution < -0.4 is 5.56 Å². The van der Waals surface area contributed by atoms with E-state index in [9.17, 15) is 18.4 Å². The van der Waals surface area contributed by atoms with E-state index in [4.69, 9.17) is 0 Å². The van der Waals surface area contributed by atoms with E-state index in [1.807, 2.05) is 0 Å². The Hall–Kier alpha value is -3.50. The van der Waals surface area contributed by atoms with Crippen molar-refractivity contribution in [2.75, 3.05) is 26.2 Å². The van der Waals surface area contributed by atoms with Gasteiger partial charge in [0.05, 0.1) is 11.3 Å². The van der Waals surface area contributed by atoms with Gasteiger partial charge in [-0.1, -0.05) is 23.5 Å². The number of hydrogen-bond donors (Lipinski definition) is 0. The lowest BCUT2D eigenvalue weighted by Gasteiger charge is -2.34. The fourth-order valence-corrected chi connectivity index (χ4v) is 4.72. The number of halogens is 2. The van der Waals surface area contributed by atoms with Gasteiger partial charge in [0.15, 0.2) is 0 Å². The van der Waals surface area contributed by atoms with Crippen LogP contribution in [0.25, 0.3) is 15.5 Å². The molecule has 1 aliphatic heterocycles. The molecule has 7 nitrogen and oxygen atoms in total. The highest BCUT2D eigenvalue weighted by molar-refractivity contribution is 7.19. The van der Waals surface area contributed by atoms with Crippen LogP contribution in [-0.4, -0.2) is 56.5 Å². The second-order valence-electron chi connectivity index (χ2n) is 7.74. The minimum Gasteiger partial charge on any atom is -0.336 e. The second-order valence-corrected chi connectivity index (χ2v) is 8.70. The molecule has 0 radical (unpaired) electrons. The molecule has 1 saturated heterocycles. The highest BCUT2D eigenvalue weighted by atomic mass is 32.1. The van der Waals surface area contributed by atoms with Gasteiger partial charge in [-0.25, -0.2) is 13.8 Å². The molecule has 4 aromatic rings. The van der Waals surface area contributed by atoms with Gasteiger partial charge in [0, 0.05) is 44.4 Å². The quantitative estimate of drug-likeness (QED) is 0.462. The van der Waals surface area contributed by atoms with E-state index in [0.29, 0.717) is 53.9 Å². The van der Waals surface area contributed by atoms with Crippen LogP contribution in [0.5, 0.6) is 0 Å². The van der Waals surface area contributed by atoms with Crippen molar-refractivity contribution in [1.82, 2.24) is 24.4 Å². The zero-order valence-electron chi connectivity index (χ0n) is 17.4. The van der Waals surface area contributed by atoms with E-state index in [1.54, 1.807) is 29.2 Å². The minimum atomic E-state index is -0.521. The summed E-state index contributed by atoms with van der Waals surface area (Å²) in [5.74, 6) is -1.18. The summed E-state index contributed by atoms with van der Waals surface area (Å²) in [7, 11) is 0. The predicted molar refractivity (Wildman–Crippen MR) is 120 cm³/mol. The molecule has 10 heteroatoms. The number of carbonyl (C=O) groups excluding carboxylic acids is 1. The first-order chi connectivity index (χ1) is 16.0. The summed E-state index contributed by atoms with van der Waals surface area (Å²) in [6, 6.07) is 13.4. The fourth-order valence-electron chi connectivity index (χ4n) is 3.79. The smallest absolute Gasteiger partial charge is 0.275 e. The molecule has 1 fully saturated rings. The van der Waals surface area contributed by atoms with Crippen molar-refractivity contribution >= 4 is 22.2 Å². The number of amides is 1. The second kappa shape index (κ2) is 8.80. The summed E-state index contributed by atoms with van der Waals surface area (Å²) in [6.45, 7) is 2.56. The first-order valence-electron chi connectivity index (χ1n) is 10.4. The van der Waals surface area contributed by atoms with E-state index < -0.39 is 5.82 Å². The van der Waals surface area contributed by atoms with Crippen molar-refractivity contribution in [3.8, 4) is 10.6 Å². The Morgan fingerprint density at radius 1 is 1.00 bits per heavy atom. The van der Waals surface area contributed by atoms with E-state index in [-0.39, 0.29) is 22.8 Å². The Bertz CT molecular complexity index is 1380. The lowest BCUT2D eigenvalue weighted by atomic mass is 10.1. The SMILES string of the molecule is O=C(c1ccccc1F)N1CCN(Cc2cc(=O)n3nc(-c4ccc(F)cc4)sc3n2)CC1. The van der Waals surface area contributed by atoms with Crippen LogP contribution in [0.15, 0.2) is 59.4 Å². The summed E-state index contributed by atoms with van der Waals surface area (Å²) in [5, 5.41) is 4.90. The highest BCUT2D eigenvalue weighted by Crippen LogP contribution is 2.24. The van der Waals surface area contributed by atoms with Crippen molar-refractivity contribution < 1.29 is 13.6 Å². The normalized spacial score (nSPS) is 14.7. The van der Waals surface area contributed by atoms with Gasteiger partial charge in [-0.05, 0) is 36.4 Å². The summed E-state index contributed by atoms with van der Waals surface area (Å²) in [5.41, 5.74) is 1.12. The van der Waals surface area contributed by atoms with E-state index in [1.165, 1.54) is 46.2 Å². The van der Waals surface area contributed by atoms with Gasteiger partial charge in [0.25, 0.3) is 11.5 Å². The number of benzene rings is 2. The molecule has 2 aromatic carbocycles. The number of hydrogen-bond acceptors (Lipinski definition) is 6. The lowest BCUT2D eigenvalue weighted by Crippen LogP contribution is -2.48. The summed E-state index contributed by atoms with van der Waals surface area (Å²) >= 11 is 1.26. The van der Waals surface area contributed by atoms with E-state index in [2.05, 4.69) is 15.0 Å². The number of aromatic nitrogens is 3. The number of piperazine rings is 1. The topological polar surface area (TPSA) is 70.8 Å². The standard InChI is InChI=1S/C23H19F2N5O2S/c24-16-7-5-15(6-8-16)21-27-30-20(31)13-17(26-23(30)33-21)14-28-9-11-29(12-10-28)22(32)18-3-1-2-4-19(18)25/h1-8,13H,9-12,14H2. The molecule has 0 atom stereocenters. The molecule has 0 bridgehead atoms. The summed E-state index contributed by atoms with van der Waals surface area (Å²) < 4.78 is 28.4. The maximum absolute atomic E-state index is 13.9. The van der Waals surface area contributed by atoms with Gasteiger partial charge in [-0.3, -0.25) is 14.5 Å². The Kier molecular flexibility index (Phi) is 5.69. The maximum atomic E-state index is 13.9. The Morgan fingerprint density at radius 2 is 1.73 bits per heavy atom. The molecular weight excluding hydrogens is 448 g/mol. The lowest BCUT2D eigenvalue weighted by molar-refractivity contribution is 0.0622. The average Bonchev–Trinajstić information content (AvgIpc) is 3.25. The molecule has 3 heterocycles. The van der Waals surface area contributed by atoms with Crippen LogP contribution in [0.3, 0.4) is 0 Å². The van der Waals surface area contributed by atoms with Crippen LogP contribution in [0.4, 0.5) is 8.78 Å². The molecule has 0 aliphatic carbocycles. The average molecular weight is 468 g/mol. The molecule has 33 heavy (non-hydrogen) atoms. The van der Waals surface area contributed by atoms with Crippen molar-refractivity contribution in [2.24, 2.45) is 0 Å². The highest BCUT2D eigenvalue weighted by Gasteiger charge is 2.24. The van der Waals surface area contributed by atoms with Gasteiger partial charge in [-0.15, -0.1) is 0 Å². The monoisotopic (exact) mass is 467 g/mol. The molecule has 0 N–H and O–H groups in total. The van der Waals surface area contributed by atoms with Crippen LogP contribution in [-0.2, 0) is 6.54 Å². The third kappa shape index (κ3) is 4.39. The third-order valence-electron chi connectivity index (χ3n) is 5.54. The maximum Gasteiger partial charge on any atom is 0.275 e. The fraction of sp³-hybridized carbons (Fsp3) is 0.217. The Balaban J connectivity index is 1.28. The zero-order valence-corrected chi connectivity index (χ0v) is 18.3. The summed E-state index contributed by atoms with van der Waals surface area (Å²) in [4.78, 5) is 34.0. The number of carbonyl (C=O) groups is 1. The van der Waals surface area contributed by atoms with Crippen LogP contribution in [0.2, 0.25) is 0 Å². The molecule has 1 amide bonds. The largest absolute Gasteiger partial charge is 0.336 e. The molecule has 0 unspecified atom stereocenters. The molecule has 0 spiro atoms. The first kappa shape index (κ1) is 21.4. The van der Waals surface area contributed by atoms with Crippen molar-refractivity contribution in [1.29, 1.82) is 0 Å². The predicted octanol–water partition coefficient (Wildman–Crippen LogP) is 3.05. The Morgan fingerprint density at radius 3 is 2.45 bits per heavy atom. The first-order valence-corrected chi connectivity index (χ1v) is 11.2. The van der Waals surface area contributed by atoms with Gasteiger partial charge >= 0.3 is 0 Å². The van der Waals surface area contributed by atoms with E-state index in [0.717, 1.165) is 0 Å². The van der Waals surface area contributed by atoms with Crippen LogP contribution >= 0.6 is 11.3 Å². The minimum absolute atomic E-state index is 0.0771. The van der Waals surface area contributed by atoms with Gasteiger partial charge in [0.2, 0.25) is 4.96 Å². The summed E-state index contributed by atoms with van der Waals surface area (Å²) in [6.07, 6.45) is 0. The van der Waals surface area contributed by atoms with Crippen LogP contribution in [0, 0.1) is 11.6 Å². The van der Waals surface area contributed by atoms with Gasteiger partial charge in [0.1, 0.15) is 16.6 Å². The van der Waals surface area contributed by atoms with Crippen LogP contribution in [0.1, 0.15) is 16.1 Å². The molecule has 5 rings (SSSR count). The third-order valence-corrected chi connectivity index (χ3v) is 6.50. The van der Waals surface area contributed by atoms with Crippen molar-refractivity contribution in [3.63, 3.8) is 0 Å². The van der Waals surface area contributed by atoms with E-state index >= 15 is 0 Å². The molecule has 2 aromatic heterocycles. The zero-order chi connectivity index (χ0) is 22.9. The number of fused-ring (bicyclic) bond motifs is 1. The number of rotatable bonds is 4. The molecular formula is C23H19F2N5O2S. The molecule has 0 saturated carbocycles. The van der Waals surface area contributed by atoms with Crippen molar-refractivity contribution in [2.45, 2.75) is 6.54 Å².